The van der Waals surface area contributed by atoms with Crippen molar-refractivity contribution in [3.8, 4) is 5.75 Å². The fourth-order valence-corrected chi connectivity index (χ4v) is 4.74. The van der Waals surface area contributed by atoms with Gasteiger partial charge in [-0.1, -0.05) is 41.4 Å². The van der Waals surface area contributed by atoms with Gasteiger partial charge in [-0.2, -0.15) is 0 Å². The average Bonchev–Trinajstić information content (AvgIpc) is 3.16. The summed E-state index contributed by atoms with van der Waals surface area (Å²) in [6.45, 7) is 0.565. The number of methoxy groups -OCH3 is 1. The van der Waals surface area contributed by atoms with Crippen LogP contribution in [0.15, 0.2) is 66.7 Å². The summed E-state index contributed by atoms with van der Waals surface area (Å²) in [5, 5.41) is 5.36. The van der Waals surface area contributed by atoms with Crippen molar-refractivity contribution >= 4 is 45.8 Å². The Labute approximate surface area is 195 Å². The molecule has 7 heteroatoms. The number of fused-ring (bicyclic) bond motifs is 3. The fraction of sp³-hybridized carbons (Fsp3) is 0.160. The molecule has 1 aliphatic heterocycles. The number of nitrogens with zero attached hydrogens (tertiary/aromatic N) is 1. The van der Waals surface area contributed by atoms with Gasteiger partial charge in [0.15, 0.2) is 0 Å². The second-order valence-electron chi connectivity index (χ2n) is 7.77. The topological polar surface area (TPSA) is 57.4 Å². The molecule has 5 nitrogen and oxygen atoms in total. The lowest BCUT2D eigenvalue weighted by Gasteiger charge is -2.36. The zero-order valence-corrected chi connectivity index (χ0v) is 18.9. The Morgan fingerprint density at radius 3 is 2.59 bits per heavy atom. The summed E-state index contributed by atoms with van der Waals surface area (Å²) in [5.41, 5.74) is 4.85. The first-order chi connectivity index (χ1) is 15.5. The van der Waals surface area contributed by atoms with Gasteiger partial charge in [0.1, 0.15) is 5.75 Å². The number of nitrogens with one attached hydrogen (secondary N) is 2. The monoisotopic (exact) mass is 465 g/mol. The van der Waals surface area contributed by atoms with Gasteiger partial charge in [-0.25, -0.2) is 4.79 Å². The highest BCUT2D eigenvalue weighted by molar-refractivity contribution is 6.31. The molecule has 162 valence electrons. The summed E-state index contributed by atoms with van der Waals surface area (Å²) in [6, 6.07) is 20.3. The maximum atomic E-state index is 13.4. The molecule has 0 saturated carbocycles. The molecule has 1 aliphatic rings. The Bertz CT molecular complexity index is 1300. The molecule has 0 unspecified atom stereocenters. The van der Waals surface area contributed by atoms with Gasteiger partial charge in [-0.05, 0) is 66.1 Å². The van der Waals surface area contributed by atoms with Crippen molar-refractivity contribution in [2.45, 2.75) is 12.5 Å². The lowest BCUT2D eigenvalue weighted by atomic mass is 9.92. The SMILES string of the molecule is COc1ccc([C@H]2c3[nH]c4ccc(Cl)cc4c3CCN2C(=O)Nc2cccc(Cl)c2)cc1. The van der Waals surface area contributed by atoms with Crippen molar-refractivity contribution in [1.29, 1.82) is 0 Å². The number of benzene rings is 3. The zero-order valence-electron chi connectivity index (χ0n) is 17.4. The summed E-state index contributed by atoms with van der Waals surface area (Å²) in [5.74, 6) is 0.767. The third kappa shape index (κ3) is 3.78. The predicted octanol–water partition coefficient (Wildman–Crippen LogP) is 6.66. The van der Waals surface area contributed by atoms with E-state index in [4.69, 9.17) is 27.9 Å². The van der Waals surface area contributed by atoms with E-state index in [-0.39, 0.29) is 12.1 Å². The molecule has 3 aromatic carbocycles. The molecule has 0 spiro atoms. The maximum absolute atomic E-state index is 13.4. The molecule has 0 saturated heterocycles. The van der Waals surface area contributed by atoms with Crippen LogP contribution < -0.4 is 10.1 Å². The number of aromatic nitrogens is 1. The van der Waals surface area contributed by atoms with Gasteiger partial charge in [0, 0.05) is 38.9 Å². The summed E-state index contributed by atoms with van der Waals surface area (Å²) >= 11 is 12.4. The number of hydrogen-bond acceptors (Lipinski definition) is 2. The van der Waals surface area contributed by atoms with Gasteiger partial charge < -0.3 is 19.9 Å². The second-order valence-corrected chi connectivity index (χ2v) is 8.64. The number of amides is 2. The molecule has 1 aromatic heterocycles. The van der Waals surface area contributed by atoms with E-state index in [0.29, 0.717) is 22.3 Å². The van der Waals surface area contributed by atoms with E-state index in [2.05, 4.69) is 10.3 Å². The fourth-order valence-electron chi connectivity index (χ4n) is 4.37. The van der Waals surface area contributed by atoms with Gasteiger partial charge in [-0.3, -0.25) is 0 Å². The van der Waals surface area contributed by atoms with E-state index in [1.54, 1.807) is 19.2 Å². The van der Waals surface area contributed by atoms with Crippen LogP contribution in [-0.4, -0.2) is 29.6 Å². The quantitative estimate of drug-likeness (QED) is 0.355. The van der Waals surface area contributed by atoms with Gasteiger partial charge >= 0.3 is 6.03 Å². The normalized spacial score (nSPS) is 15.5. The number of urea groups is 1. The lowest BCUT2D eigenvalue weighted by molar-refractivity contribution is 0.193. The molecule has 5 rings (SSSR count). The molecule has 2 heterocycles. The van der Waals surface area contributed by atoms with Crippen molar-refractivity contribution in [1.82, 2.24) is 9.88 Å². The molecule has 0 aliphatic carbocycles. The van der Waals surface area contributed by atoms with Crippen molar-refractivity contribution in [2.24, 2.45) is 0 Å². The highest BCUT2D eigenvalue weighted by Crippen LogP contribution is 2.39. The third-order valence-electron chi connectivity index (χ3n) is 5.86. The highest BCUT2D eigenvalue weighted by atomic mass is 35.5. The highest BCUT2D eigenvalue weighted by Gasteiger charge is 2.34. The summed E-state index contributed by atoms with van der Waals surface area (Å²) < 4.78 is 5.32. The number of carbonyl (C=O) groups is 1. The first kappa shape index (κ1) is 20.7. The van der Waals surface area contributed by atoms with Crippen LogP contribution in [0.25, 0.3) is 10.9 Å². The first-order valence-electron chi connectivity index (χ1n) is 10.3. The number of aromatic amines is 1. The van der Waals surface area contributed by atoms with Crippen molar-refractivity contribution in [3.63, 3.8) is 0 Å². The minimum atomic E-state index is -0.282. The largest absolute Gasteiger partial charge is 0.497 e. The number of halogens is 2. The van der Waals surface area contributed by atoms with Gasteiger partial charge in [-0.15, -0.1) is 0 Å². The van der Waals surface area contributed by atoms with E-state index in [0.717, 1.165) is 34.3 Å². The number of carbonyl (C=O) groups excluding carboxylic acids is 1. The Morgan fingerprint density at radius 1 is 1.06 bits per heavy atom. The summed E-state index contributed by atoms with van der Waals surface area (Å²) in [6.07, 6.45) is 0.727. The van der Waals surface area contributed by atoms with Crippen LogP contribution in [0.5, 0.6) is 5.75 Å². The van der Waals surface area contributed by atoms with Crippen LogP contribution in [0.4, 0.5) is 10.5 Å². The Hall–Kier alpha value is -3.15. The number of ether oxygens (including phenoxy) is 1. The Kier molecular flexibility index (Phi) is 5.45. The van der Waals surface area contributed by atoms with E-state index in [9.17, 15) is 4.79 Å². The molecule has 0 radical (unpaired) electrons. The van der Waals surface area contributed by atoms with Gasteiger partial charge in [0.05, 0.1) is 13.2 Å². The first-order valence-corrected chi connectivity index (χ1v) is 11.1. The van der Waals surface area contributed by atoms with E-state index >= 15 is 0 Å². The van der Waals surface area contributed by atoms with Crippen LogP contribution in [0.2, 0.25) is 10.0 Å². The van der Waals surface area contributed by atoms with Crippen LogP contribution in [0.3, 0.4) is 0 Å². The zero-order chi connectivity index (χ0) is 22.2. The molecule has 2 N–H and O–H groups in total. The molecule has 4 aromatic rings. The van der Waals surface area contributed by atoms with E-state index < -0.39 is 0 Å². The number of rotatable bonds is 3. The molecule has 0 fully saturated rings. The van der Waals surface area contributed by atoms with Crippen molar-refractivity contribution in [3.05, 3.63) is 93.6 Å². The van der Waals surface area contributed by atoms with Crippen molar-refractivity contribution in [2.75, 3.05) is 19.0 Å². The number of hydrogen-bond donors (Lipinski definition) is 2. The van der Waals surface area contributed by atoms with Crippen LogP contribution >= 0.6 is 23.2 Å². The van der Waals surface area contributed by atoms with Crippen LogP contribution in [-0.2, 0) is 6.42 Å². The van der Waals surface area contributed by atoms with E-state index in [1.807, 2.05) is 59.5 Å². The Morgan fingerprint density at radius 2 is 1.84 bits per heavy atom. The smallest absolute Gasteiger partial charge is 0.322 e. The molecule has 32 heavy (non-hydrogen) atoms. The Balaban J connectivity index is 1.58. The molecular formula is C25H21Cl2N3O2. The minimum absolute atomic E-state index is 0.185. The molecule has 1 atom stereocenters. The predicted molar refractivity (Wildman–Crippen MR) is 129 cm³/mol. The summed E-state index contributed by atoms with van der Waals surface area (Å²) in [4.78, 5) is 18.8. The van der Waals surface area contributed by atoms with Crippen LogP contribution in [0, 0.1) is 0 Å². The van der Waals surface area contributed by atoms with Crippen molar-refractivity contribution < 1.29 is 9.53 Å². The molecule has 0 bridgehead atoms. The second kappa shape index (κ2) is 8.41. The minimum Gasteiger partial charge on any atom is -0.497 e. The third-order valence-corrected chi connectivity index (χ3v) is 6.33. The number of anilines is 1. The van der Waals surface area contributed by atoms with Gasteiger partial charge in [0.2, 0.25) is 0 Å². The molecular weight excluding hydrogens is 445 g/mol. The average molecular weight is 466 g/mol. The lowest BCUT2D eigenvalue weighted by Crippen LogP contribution is -2.43. The number of H-pyrrole nitrogens is 1. The van der Waals surface area contributed by atoms with Crippen LogP contribution in [0.1, 0.15) is 22.9 Å². The maximum Gasteiger partial charge on any atom is 0.322 e. The molecule has 2 amide bonds. The standard InChI is InChI=1S/C25H21Cl2N3O2/c1-32-19-8-5-15(6-9-19)24-23-20(21-14-17(27)7-10-22(21)29-23)11-12-30(24)25(31)28-18-4-2-3-16(26)13-18/h2-10,13-14,24,29H,11-12H2,1H3,(H,28,31)/t24-/m0/s1. The van der Waals surface area contributed by atoms with E-state index in [1.165, 1.54) is 5.56 Å². The van der Waals surface area contributed by atoms with Gasteiger partial charge in [0.25, 0.3) is 0 Å². The summed E-state index contributed by atoms with van der Waals surface area (Å²) in [7, 11) is 1.64.